The third-order valence-corrected chi connectivity index (χ3v) is 6.79. The second-order valence-corrected chi connectivity index (χ2v) is 9.04. The highest BCUT2D eigenvalue weighted by molar-refractivity contribution is 6.19. The minimum Gasteiger partial charge on any atom is -0.326 e. The van der Waals surface area contributed by atoms with E-state index < -0.39 is 23.6 Å². The molecule has 5 rings (SSSR count). The van der Waals surface area contributed by atoms with Crippen molar-refractivity contribution in [3.05, 3.63) is 88.6 Å². The molecule has 7 nitrogen and oxygen atoms in total. The summed E-state index contributed by atoms with van der Waals surface area (Å²) in [5, 5.41) is 9.59. The van der Waals surface area contributed by atoms with E-state index in [1.54, 1.807) is 31.5 Å². The van der Waals surface area contributed by atoms with Gasteiger partial charge < -0.3 is 4.57 Å². The van der Waals surface area contributed by atoms with E-state index in [2.05, 4.69) is 0 Å². The quantitative estimate of drug-likeness (QED) is 0.252. The van der Waals surface area contributed by atoms with Gasteiger partial charge in [0, 0.05) is 30.4 Å². The summed E-state index contributed by atoms with van der Waals surface area (Å²) in [5.41, 5.74) is 2.71. The molecule has 0 fully saturated rings. The average Bonchev–Trinajstić information content (AvgIpc) is 3.43. The minimum atomic E-state index is -4.44. The summed E-state index contributed by atoms with van der Waals surface area (Å²) in [6.07, 6.45) is -2.81. The minimum absolute atomic E-state index is 0.0900. The maximum atomic E-state index is 13.2. The topological polar surface area (TPSA) is 83.9 Å². The van der Waals surface area contributed by atoms with E-state index in [-0.39, 0.29) is 17.7 Å². The van der Waals surface area contributed by atoms with Crippen LogP contribution >= 0.6 is 0 Å². The molecular formula is C29H22F3N5O2. The number of carbonyl (C=O) groups excluding carboxylic acids is 2. The van der Waals surface area contributed by atoms with Crippen LogP contribution < -0.4 is 0 Å². The first-order valence-corrected chi connectivity index (χ1v) is 12.1. The fraction of sp³-hybridized carbons (Fsp3) is 0.172. The van der Waals surface area contributed by atoms with Crippen molar-refractivity contribution in [2.45, 2.75) is 20.0 Å². The summed E-state index contributed by atoms with van der Waals surface area (Å²) < 4.78 is 42.8. The molecule has 0 bridgehead atoms. The normalized spacial score (nSPS) is 15.5. The Kier molecular flexibility index (Phi) is 6.23. The predicted octanol–water partition coefficient (Wildman–Crippen LogP) is 5.66. The number of para-hydroxylation sites is 1. The van der Waals surface area contributed by atoms with Gasteiger partial charge in [0.15, 0.2) is 5.65 Å². The zero-order valence-electron chi connectivity index (χ0n) is 21.2. The number of nitriles is 1. The Morgan fingerprint density at radius 2 is 1.69 bits per heavy atom. The van der Waals surface area contributed by atoms with Crippen LogP contribution in [0.2, 0.25) is 0 Å². The number of nitrogens with zero attached hydrogens (tertiary/aromatic N) is 5. The summed E-state index contributed by atoms with van der Waals surface area (Å²) in [6, 6.07) is 17.8. The molecule has 3 heterocycles. The van der Waals surface area contributed by atoms with E-state index in [1.807, 2.05) is 47.0 Å². The van der Waals surface area contributed by atoms with Crippen LogP contribution in [0.1, 0.15) is 25.1 Å². The number of carbonyl (C=O) groups is 2. The zero-order valence-corrected chi connectivity index (χ0v) is 21.2. The van der Waals surface area contributed by atoms with Gasteiger partial charge in [0.1, 0.15) is 17.5 Å². The third-order valence-electron chi connectivity index (χ3n) is 6.79. The molecule has 4 aromatic rings. The Labute approximate surface area is 221 Å². The molecule has 0 atom stereocenters. The lowest BCUT2D eigenvalue weighted by Crippen LogP contribution is -2.42. The number of likely N-dealkylation sites (N-methyl/N-ethyl adjacent to an activating group) is 1. The zero-order chi connectivity index (χ0) is 28.1. The maximum absolute atomic E-state index is 13.2. The molecule has 1 aliphatic rings. The standard InChI is InChI=1S/C29H22F3N5O2/c1-4-36-27(38)22(17(2)23(16-33)28(36)39)14-21-15-24-26(37(21)20-8-6-5-7-9-20)34-25(35(24)3)18-10-12-19(13-11-18)29(30,31)32/h5-15H,4H2,1-3H3/b22-14-. The van der Waals surface area contributed by atoms with Gasteiger partial charge in [-0.25, -0.2) is 4.98 Å². The number of aryl methyl sites for hydroxylation is 1. The first-order valence-electron chi connectivity index (χ1n) is 12.1. The van der Waals surface area contributed by atoms with Crippen LogP contribution in [-0.4, -0.2) is 37.4 Å². The molecule has 2 aromatic heterocycles. The van der Waals surface area contributed by atoms with Crippen LogP contribution in [0.3, 0.4) is 0 Å². The summed E-state index contributed by atoms with van der Waals surface area (Å²) in [5.74, 6) is -0.648. The van der Waals surface area contributed by atoms with Crippen LogP contribution in [0, 0.1) is 11.3 Å². The van der Waals surface area contributed by atoms with Crippen molar-refractivity contribution >= 4 is 29.1 Å². The van der Waals surface area contributed by atoms with Crippen LogP contribution in [0.25, 0.3) is 34.3 Å². The van der Waals surface area contributed by atoms with E-state index in [0.717, 1.165) is 22.7 Å². The number of imidazole rings is 1. The lowest BCUT2D eigenvalue weighted by molar-refractivity contribution is -0.140. The van der Waals surface area contributed by atoms with Crippen molar-refractivity contribution in [3.8, 4) is 23.1 Å². The summed E-state index contributed by atoms with van der Waals surface area (Å²) in [4.78, 5) is 31.6. The number of hydrogen-bond donors (Lipinski definition) is 0. The Hall–Kier alpha value is -4.91. The molecule has 0 saturated heterocycles. The number of rotatable bonds is 4. The fourth-order valence-corrected chi connectivity index (χ4v) is 4.74. The molecule has 2 amide bonds. The van der Waals surface area contributed by atoms with Gasteiger partial charge in [-0.05, 0) is 55.8 Å². The Bertz CT molecular complexity index is 1730. The molecule has 0 saturated carbocycles. The van der Waals surface area contributed by atoms with Gasteiger partial charge in [-0.15, -0.1) is 0 Å². The van der Waals surface area contributed by atoms with Crippen LogP contribution in [0.4, 0.5) is 13.2 Å². The van der Waals surface area contributed by atoms with Gasteiger partial charge >= 0.3 is 6.18 Å². The van der Waals surface area contributed by atoms with Crippen LogP contribution in [-0.2, 0) is 22.8 Å². The van der Waals surface area contributed by atoms with Crippen LogP contribution in [0.5, 0.6) is 0 Å². The Morgan fingerprint density at radius 1 is 1.03 bits per heavy atom. The molecule has 0 radical (unpaired) electrons. The van der Waals surface area contributed by atoms with Gasteiger partial charge in [0.25, 0.3) is 11.8 Å². The van der Waals surface area contributed by atoms with E-state index in [9.17, 15) is 28.0 Å². The van der Waals surface area contributed by atoms with Gasteiger partial charge in [-0.1, -0.05) is 30.3 Å². The Morgan fingerprint density at radius 3 is 2.28 bits per heavy atom. The molecular weight excluding hydrogens is 507 g/mol. The number of halogens is 3. The molecule has 0 spiro atoms. The van der Waals surface area contributed by atoms with Gasteiger partial charge in [0.2, 0.25) is 0 Å². The van der Waals surface area contributed by atoms with Crippen molar-refractivity contribution in [3.63, 3.8) is 0 Å². The predicted molar refractivity (Wildman–Crippen MR) is 139 cm³/mol. The number of imide groups is 1. The largest absolute Gasteiger partial charge is 0.416 e. The van der Waals surface area contributed by atoms with Crippen molar-refractivity contribution in [1.82, 2.24) is 19.0 Å². The molecule has 0 aliphatic carbocycles. The highest BCUT2D eigenvalue weighted by Crippen LogP contribution is 2.34. The highest BCUT2D eigenvalue weighted by atomic mass is 19.4. The van der Waals surface area contributed by atoms with Gasteiger partial charge in [-0.2, -0.15) is 18.4 Å². The van der Waals surface area contributed by atoms with E-state index >= 15 is 0 Å². The lowest BCUT2D eigenvalue weighted by atomic mass is 9.94. The first kappa shape index (κ1) is 25.7. The Balaban J connectivity index is 1.72. The van der Waals surface area contributed by atoms with E-state index in [4.69, 9.17) is 4.98 Å². The lowest BCUT2D eigenvalue weighted by Gasteiger charge is -2.26. The van der Waals surface area contributed by atoms with Crippen molar-refractivity contribution in [2.24, 2.45) is 7.05 Å². The SMILES string of the molecule is CCN1C(=O)C(C#N)=C(C)/C(=C/c2cc3c(nc(-c4ccc(C(F)(F)F)cc4)n3C)n2-c2ccccc2)C1=O. The van der Waals surface area contributed by atoms with E-state index in [1.165, 1.54) is 12.1 Å². The molecule has 10 heteroatoms. The number of amides is 2. The fourth-order valence-electron chi connectivity index (χ4n) is 4.74. The van der Waals surface area contributed by atoms with Gasteiger partial charge in [0.05, 0.1) is 16.8 Å². The monoisotopic (exact) mass is 529 g/mol. The highest BCUT2D eigenvalue weighted by Gasteiger charge is 2.35. The molecule has 0 unspecified atom stereocenters. The molecule has 39 heavy (non-hydrogen) atoms. The molecule has 2 aromatic carbocycles. The van der Waals surface area contributed by atoms with Crippen molar-refractivity contribution in [1.29, 1.82) is 5.26 Å². The molecule has 1 aliphatic heterocycles. The molecule has 0 N–H and O–H groups in total. The summed E-state index contributed by atoms with van der Waals surface area (Å²) >= 11 is 0. The number of aromatic nitrogens is 3. The van der Waals surface area contributed by atoms with Crippen LogP contribution in [0.15, 0.2) is 77.4 Å². The third kappa shape index (κ3) is 4.22. The van der Waals surface area contributed by atoms with Crippen molar-refractivity contribution < 1.29 is 22.8 Å². The summed E-state index contributed by atoms with van der Waals surface area (Å²) in [7, 11) is 1.76. The van der Waals surface area contributed by atoms with E-state index in [0.29, 0.717) is 33.8 Å². The number of benzene rings is 2. The first-order chi connectivity index (χ1) is 18.6. The second kappa shape index (κ2) is 9.44. The average molecular weight is 530 g/mol. The second-order valence-electron chi connectivity index (χ2n) is 9.04. The number of fused-ring (bicyclic) bond motifs is 1. The molecule has 196 valence electrons. The van der Waals surface area contributed by atoms with Gasteiger partial charge in [-0.3, -0.25) is 19.1 Å². The number of alkyl halides is 3. The van der Waals surface area contributed by atoms with Crippen molar-refractivity contribution in [2.75, 3.05) is 6.54 Å². The smallest absolute Gasteiger partial charge is 0.326 e. The maximum Gasteiger partial charge on any atom is 0.416 e. The number of hydrogen-bond acceptors (Lipinski definition) is 4. The summed E-state index contributed by atoms with van der Waals surface area (Å²) in [6.45, 7) is 3.35.